The summed E-state index contributed by atoms with van der Waals surface area (Å²) in [6.45, 7) is -0.0438. The Morgan fingerprint density at radius 2 is 1.80 bits per heavy atom. The zero-order valence-corrected chi connectivity index (χ0v) is 12.2. The quantitative estimate of drug-likeness (QED) is 0.886. The first-order valence-corrected chi connectivity index (χ1v) is 6.92. The zero-order valence-electron chi connectivity index (χ0n) is 10.7. The number of rotatable bonds is 5. The van der Waals surface area contributed by atoms with Crippen molar-refractivity contribution in [3.8, 4) is 11.5 Å². The van der Waals surface area contributed by atoms with Gasteiger partial charge < -0.3 is 15.6 Å². The summed E-state index contributed by atoms with van der Waals surface area (Å²) in [5, 5.41) is 9.91. The number of hydrogen-bond acceptors (Lipinski definition) is 3. The Labute approximate surface area is 127 Å². The summed E-state index contributed by atoms with van der Waals surface area (Å²) in [6.07, 6.45) is 0.592. The Morgan fingerprint density at radius 3 is 2.50 bits per heavy atom. The lowest BCUT2D eigenvalue weighted by molar-refractivity contribution is 0.265. The average molecular weight is 312 g/mol. The predicted octanol–water partition coefficient (Wildman–Crippen LogP) is 3.65. The highest BCUT2D eigenvalue weighted by molar-refractivity contribution is 6.42. The molecule has 2 aromatic carbocycles. The van der Waals surface area contributed by atoms with E-state index in [0.29, 0.717) is 28.0 Å². The largest absolute Gasteiger partial charge is 0.457 e. The summed E-state index contributed by atoms with van der Waals surface area (Å²) in [5.74, 6) is 1.30. The predicted molar refractivity (Wildman–Crippen MR) is 81.7 cm³/mol. The molecule has 0 aliphatic carbocycles. The van der Waals surface area contributed by atoms with Gasteiger partial charge in [0.05, 0.1) is 16.7 Å². The third-order valence-electron chi connectivity index (χ3n) is 2.76. The molecule has 0 radical (unpaired) electrons. The number of nitrogens with two attached hydrogens (primary N) is 1. The molecule has 20 heavy (non-hydrogen) atoms. The summed E-state index contributed by atoms with van der Waals surface area (Å²) < 4.78 is 5.72. The molecular formula is C15H15Cl2NO2. The molecule has 106 valence electrons. The van der Waals surface area contributed by atoms with Gasteiger partial charge in [0, 0.05) is 12.1 Å². The molecule has 1 atom stereocenters. The molecule has 0 heterocycles. The highest BCUT2D eigenvalue weighted by atomic mass is 35.5. The van der Waals surface area contributed by atoms with E-state index in [-0.39, 0.29) is 12.6 Å². The van der Waals surface area contributed by atoms with Crippen LogP contribution in [0.25, 0.3) is 0 Å². The second-order valence-electron chi connectivity index (χ2n) is 4.47. The van der Waals surface area contributed by atoms with Crippen molar-refractivity contribution in [1.82, 2.24) is 0 Å². The van der Waals surface area contributed by atoms with Crippen molar-refractivity contribution in [2.24, 2.45) is 5.73 Å². The highest BCUT2D eigenvalue weighted by Crippen LogP contribution is 2.29. The molecule has 2 rings (SSSR count). The Hall–Kier alpha value is -1.26. The molecule has 0 saturated carbocycles. The molecule has 0 amide bonds. The summed E-state index contributed by atoms with van der Waals surface area (Å²) in [7, 11) is 0. The van der Waals surface area contributed by atoms with Gasteiger partial charge in [0.25, 0.3) is 0 Å². The number of benzene rings is 2. The molecular weight excluding hydrogens is 297 g/mol. The minimum atomic E-state index is -0.268. The Bertz CT molecular complexity index is 590. The first-order chi connectivity index (χ1) is 9.58. The van der Waals surface area contributed by atoms with Gasteiger partial charge in [0.2, 0.25) is 0 Å². The fourth-order valence-corrected chi connectivity index (χ4v) is 2.07. The van der Waals surface area contributed by atoms with Crippen molar-refractivity contribution in [3.05, 3.63) is 58.1 Å². The van der Waals surface area contributed by atoms with Crippen LogP contribution in [-0.2, 0) is 6.42 Å². The van der Waals surface area contributed by atoms with E-state index in [0.717, 1.165) is 5.56 Å². The lowest BCUT2D eigenvalue weighted by Crippen LogP contribution is -2.26. The van der Waals surface area contributed by atoms with E-state index >= 15 is 0 Å². The van der Waals surface area contributed by atoms with E-state index < -0.39 is 0 Å². The molecule has 0 spiro atoms. The SMILES string of the molecule is NC(CO)Cc1cccc(Oc2ccc(Cl)c(Cl)c2)c1. The second-order valence-corrected chi connectivity index (χ2v) is 5.29. The first-order valence-electron chi connectivity index (χ1n) is 6.17. The fraction of sp³-hybridized carbons (Fsp3) is 0.200. The van der Waals surface area contributed by atoms with Gasteiger partial charge in [-0.1, -0.05) is 35.3 Å². The minimum absolute atomic E-state index is 0.0438. The monoisotopic (exact) mass is 311 g/mol. The summed E-state index contributed by atoms with van der Waals surface area (Å²) in [5.41, 5.74) is 6.73. The maximum atomic E-state index is 8.97. The number of hydrogen-bond donors (Lipinski definition) is 2. The molecule has 0 aliphatic heterocycles. The van der Waals surface area contributed by atoms with Crippen molar-refractivity contribution in [3.63, 3.8) is 0 Å². The van der Waals surface area contributed by atoms with Crippen LogP contribution in [0.15, 0.2) is 42.5 Å². The van der Waals surface area contributed by atoms with Crippen molar-refractivity contribution >= 4 is 23.2 Å². The molecule has 0 fully saturated rings. The van der Waals surface area contributed by atoms with Gasteiger partial charge in [-0.3, -0.25) is 0 Å². The molecule has 2 aromatic rings. The van der Waals surface area contributed by atoms with E-state index in [2.05, 4.69) is 0 Å². The van der Waals surface area contributed by atoms with Gasteiger partial charge in [-0.25, -0.2) is 0 Å². The van der Waals surface area contributed by atoms with Crippen LogP contribution in [0.2, 0.25) is 10.0 Å². The average Bonchev–Trinajstić information content (AvgIpc) is 2.43. The molecule has 1 unspecified atom stereocenters. The van der Waals surface area contributed by atoms with Crippen molar-refractivity contribution < 1.29 is 9.84 Å². The third kappa shape index (κ3) is 4.12. The molecule has 3 nitrogen and oxygen atoms in total. The van der Waals surface area contributed by atoms with Crippen LogP contribution < -0.4 is 10.5 Å². The molecule has 3 N–H and O–H groups in total. The van der Waals surface area contributed by atoms with Crippen molar-refractivity contribution in [2.45, 2.75) is 12.5 Å². The van der Waals surface area contributed by atoms with Crippen LogP contribution in [-0.4, -0.2) is 17.8 Å². The third-order valence-corrected chi connectivity index (χ3v) is 3.50. The molecule has 0 aromatic heterocycles. The van der Waals surface area contributed by atoms with E-state index in [1.54, 1.807) is 18.2 Å². The normalized spacial score (nSPS) is 12.2. The topological polar surface area (TPSA) is 55.5 Å². The molecule has 0 saturated heterocycles. The summed E-state index contributed by atoms with van der Waals surface area (Å²) >= 11 is 11.8. The van der Waals surface area contributed by atoms with Crippen LogP contribution in [0, 0.1) is 0 Å². The number of ether oxygens (including phenoxy) is 1. The molecule has 5 heteroatoms. The minimum Gasteiger partial charge on any atom is -0.457 e. The van der Waals surface area contributed by atoms with Gasteiger partial charge in [-0.15, -0.1) is 0 Å². The first kappa shape index (κ1) is 15.1. The fourth-order valence-electron chi connectivity index (χ4n) is 1.78. The maximum absolute atomic E-state index is 8.97. The Balaban J connectivity index is 2.12. The Morgan fingerprint density at radius 1 is 1.05 bits per heavy atom. The van der Waals surface area contributed by atoms with E-state index in [1.165, 1.54) is 0 Å². The van der Waals surface area contributed by atoms with Gasteiger partial charge in [0.15, 0.2) is 0 Å². The van der Waals surface area contributed by atoms with Crippen molar-refractivity contribution in [2.75, 3.05) is 6.61 Å². The van der Waals surface area contributed by atoms with Gasteiger partial charge in [-0.05, 0) is 36.2 Å². The van der Waals surface area contributed by atoms with E-state index in [9.17, 15) is 0 Å². The van der Waals surface area contributed by atoms with Crippen LogP contribution in [0.5, 0.6) is 11.5 Å². The van der Waals surface area contributed by atoms with Gasteiger partial charge in [0.1, 0.15) is 11.5 Å². The standard InChI is InChI=1S/C15H15Cl2NO2/c16-14-5-4-13(8-15(14)17)20-12-3-1-2-10(7-12)6-11(18)9-19/h1-5,7-8,11,19H,6,9,18H2. The zero-order chi connectivity index (χ0) is 14.5. The van der Waals surface area contributed by atoms with Crippen LogP contribution in [0.4, 0.5) is 0 Å². The molecule has 0 bridgehead atoms. The van der Waals surface area contributed by atoms with E-state index in [1.807, 2.05) is 24.3 Å². The summed E-state index contributed by atoms with van der Waals surface area (Å²) in [4.78, 5) is 0. The van der Waals surface area contributed by atoms with Crippen LogP contribution in [0.1, 0.15) is 5.56 Å². The number of aliphatic hydroxyl groups is 1. The number of aliphatic hydroxyl groups excluding tert-OH is 1. The van der Waals surface area contributed by atoms with Crippen LogP contribution >= 0.6 is 23.2 Å². The molecule has 0 aliphatic rings. The summed E-state index contributed by atoms with van der Waals surface area (Å²) in [6, 6.07) is 12.4. The highest BCUT2D eigenvalue weighted by Gasteiger charge is 2.05. The lowest BCUT2D eigenvalue weighted by atomic mass is 10.1. The van der Waals surface area contributed by atoms with Crippen molar-refractivity contribution in [1.29, 1.82) is 0 Å². The Kier molecular flexibility index (Phi) is 5.26. The smallest absolute Gasteiger partial charge is 0.129 e. The van der Waals surface area contributed by atoms with E-state index in [4.69, 9.17) is 38.8 Å². The van der Waals surface area contributed by atoms with Gasteiger partial charge >= 0.3 is 0 Å². The second kappa shape index (κ2) is 6.95. The maximum Gasteiger partial charge on any atom is 0.129 e. The van der Waals surface area contributed by atoms with Crippen LogP contribution in [0.3, 0.4) is 0 Å². The lowest BCUT2D eigenvalue weighted by Gasteiger charge is -2.11. The number of halogens is 2. The van der Waals surface area contributed by atoms with Gasteiger partial charge in [-0.2, -0.15) is 0 Å².